The molecule has 3 N–H and O–H groups in total. The fourth-order valence-electron chi connectivity index (χ4n) is 2.69. The first-order valence-corrected chi connectivity index (χ1v) is 9.46. The van der Waals surface area contributed by atoms with Crippen molar-refractivity contribution in [2.45, 2.75) is 13.3 Å². The highest BCUT2D eigenvalue weighted by atomic mass is 35.5. The van der Waals surface area contributed by atoms with Crippen molar-refractivity contribution in [3.63, 3.8) is 0 Å². The van der Waals surface area contributed by atoms with Crippen molar-refractivity contribution in [3.05, 3.63) is 71.2 Å². The molecule has 0 saturated carbocycles. The number of anilines is 2. The Kier molecular flexibility index (Phi) is 6.23. The van der Waals surface area contributed by atoms with Crippen LogP contribution in [-0.4, -0.2) is 16.9 Å². The third-order valence-electron chi connectivity index (χ3n) is 4.09. The van der Waals surface area contributed by atoms with E-state index in [1.54, 1.807) is 55.5 Å². The lowest BCUT2D eigenvalue weighted by molar-refractivity contribution is -0.115. The van der Waals surface area contributed by atoms with E-state index in [1.165, 1.54) is 0 Å². The minimum atomic E-state index is -0.322. The zero-order valence-electron chi connectivity index (χ0n) is 15.1. The van der Waals surface area contributed by atoms with E-state index < -0.39 is 0 Å². The fraction of sp³-hybridized carbons (Fsp3) is 0.0952. The fourth-order valence-corrected chi connectivity index (χ4v) is 3.14. The maximum Gasteiger partial charge on any atom is 0.258 e. The number of benzene rings is 3. The van der Waals surface area contributed by atoms with Gasteiger partial charge in [-0.3, -0.25) is 14.9 Å². The lowest BCUT2D eigenvalue weighted by Crippen LogP contribution is -2.34. The summed E-state index contributed by atoms with van der Waals surface area (Å²) < 4.78 is 0. The Morgan fingerprint density at radius 2 is 1.50 bits per heavy atom. The molecule has 0 radical (unpaired) electrons. The molecule has 0 spiro atoms. The third-order valence-corrected chi connectivity index (χ3v) is 4.62. The van der Waals surface area contributed by atoms with Gasteiger partial charge in [0.2, 0.25) is 5.91 Å². The van der Waals surface area contributed by atoms with Crippen LogP contribution < -0.4 is 16.0 Å². The van der Waals surface area contributed by atoms with Crippen LogP contribution in [0.25, 0.3) is 10.8 Å². The van der Waals surface area contributed by atoms with Crippen LogP contribution in [0.2, 0.25) is 5.02 Å². The number of rotatable bonds is 4. The third kappa shape index (κ3) is 4.65. The summed E-state index contributed by atoms with van der Waals surface area (Å²) in [6.07, 6.45) is 0.412. The van der Waals surface area contributed by atoms with Crippen molar-refractivity contribution < 1.29 is 9.59 Å². The number of thiocarbonyl (C=S) groups is 1. The zero-order chi connectivity index (χ0) is 20.1. The van der Waals surface area contributed by atoms with Crippen molar-refractivity contribution >= 4 is 62.9 Å². The molecule has 3 aromatic rings. The Morgan fingerprint density at radius 3 is 2.18 bits per heavy atom. The molecule has 3 rings (SSSR count). The Morgan fingerprint density at radius 1 is 0.893 bits per heavy atom. The van der Waals surface area contributed by atoms with Crippen molar-refractivity contribution in [2.75, 3.05) is 10.6 Å². The first-order chi connectivity index (χ1) is 13.5. The van der Waals surface area contributed by atoms with Gasteiger partial charge in [-0.05, 0) is 54.0 Å². The summed E-state index contributed by atoms with van der Waals surface area (Å²) in [5.41, 5.74) is 1.88. The van der Waals surface area contributed by atoms with Crippen LogP contribution >= 0.6 is 23.8 Å². The quantitative estimate of drug-likeness (QED) is 0.530. The summed E-state index contributed by atoms with van der Waals surface area (Å²) in [5, 5.41) is 10.7. The number of carbonyl (C=O) groups is 2. The molecule has 0 unspecified atom stereocenters. The predicted molar refractivity (Wildman–Crippen MR) is 118 cm³/mol. The van der Waals surface area contributed by atoms with Gasteiger partial charge >= 0.3 is 0 Å². The first-order valence-electron chi connectivity index (χ1n) is 8.67. The summed E-state index contributed by atoms with van der Waals surface area (Å²) in [6.45, 7) is 1.79. The molecule has 3 aromatic carbocycles. The maximum atomic E-state index is 12.6. The number of hydrogen-bond donors (Lipinski definition) is 3. The van der Waals surface area contributed by atoms with Crippen molar-refractivity contribution in [1.29, 1.82) is 0 Å². The van der Waals surface area contributed by atoms with Crippen LogP contribution in [0.3, 0.4) is 0 Å². The number of fused-ring (bicyclic) bond motifs is 1. The molecular formula is C21H18ClN3O2S. The maximum absolute atomic E-state index is 12.6. The van der Waals surface area contributed by atoms with E-state index in [1.807, 2.05) is 12.1 Å². The molecule has 5 nitrogen and oxygen atoms in total. The highest BCUT2D eigenvalue weighted by Crippen LogP contribution is 2.26. The highest BCUT2D eigenvalue weighted by molar-refractivity contribution is 7.80. The average Bonchev–Trinajstić information content (AvgIpc) is 2.69. The van der Waals surface area contributed by atoms with Gasteiger partial charge in [-0.2, -0.15) is 0 Å². The molecule has 0 saturated heterocycles. The van der Waals surface area contributed by atoms with E-state index in [9.17, 15) is 9.59 Å². The van der Waals surface area contributed by atoms with Gasteiger partial charge in [0.25, 0.3) is 5.91 Å². The topological polar surface area (TPSA) is 70.2 Å². The molecule has 0 heterocycles. The zero-order valence-corrected chi connectivity index (χ0v) is 16.7. The van der Waals surface area contributed by atoms with Gasteiger partial charge in [0, 0.05) is 33.8 Å². The first kappa shape index (κ1) is 19.8. The van der Waals surface area contributed by atoms with Crippen LogP contribution in [0.4, 0.5) is 11.4 Å². The average molecular weight is 412 g/mol. The van der Waals surface area contributed by atoms with Gasteiger partial charge in [0.05, 0.1) is 0 Å². The lowest BCUT2D eigenvalue weighted by atomic mass is 10.0. The molecule has 0 aliphatic rings. The lowest BCUT2D eigenvalue weighted by Gasteiger charge is -2.12. The normalized spacial score (nSPS) is 10.4. The standard InChI is InChI=1S/C21H18ClN3O2S/c1-2-19(26)23-13-9-11-14(12-10-13)24-21(28)25-20(27)17-7-3-6-16-15(17)5-4-8-18(16)22/h3-12H,2H2,1H3,(H,23,26)(H2,24,25,27,28). The van der Waals surface area contributed by atoms with Crippen LogP contribution in [0.1, 0.15) is 23.7 Å². The number of halogens is 1. The minimum absolute atomic E-state index is 0.0568. The smallest absolute Gasteiger partial charge is 0.258 e. The number of carbonyl (C=O) groups excluding carboxylic acids is 2. The molecule has 0 atom stereocenters. The highest BCUT2D eigenvalue weighted by Gasteiger charge is 2.12. The van der Waals surface area contributed by atoms with E-state index in [2.05, 4.69) is 16.0 Å². The van der Waals surface area contributed by atoms with Crippen molar-refractivity contribution in [1.82, 2.24) is 5.32 Å². The number of nitrogens with one attached hydrogen (secondary N) is 3. The molecule has 142 valence electrons. The van der Waals surface area contributed by atoms with Crippen LogP contribution in [0.15, 0.2) is 60.7 Å². The Labute approximate surface area is 173 Å². The van der Waals surface area contributed by atoms with E-state index >= 15 is 0 Å². The van der Waals surface area contributed by atoms with Crippen LogP contribution in [0.5, 0.6) is 0 Å². The summed E-state index contributed by atoms with van der Waals surface area (Å²) in [6, 6.07) is 17.8. The molecule has 0 fully saturated rings. The van der Waals surface area contributed by atoms with E-state index in [4.69, 9.17) is 23.8 Å². The summed E-state index contributed by atoms with van der Waals surface area (Å²) >= 11 is 11.4. The molecule has 0 bridgehead atoms. The molecular weight excluding hydrogens is 394 g/mol. The molecule has 2 amide bonds. The minimum Gasteiger partial charge on any atom is -0.332 e. The van der Waals surface area contributed by atoms with Gasteiger partial charge in [-0.1, -0.05) is 42.8 Å². The second-order valence-electron chi connectivity index (χ2n) is 6.03. The van der Waals surface area contributed by atoms with Crippen LogP contribution in [0, 0.1) is 0 Å². The van der Waals surface area contributed by atoms with Gasteiger partial charge in [-0.25, -0.2) is 0 Å². The molecule has 0 aliphatic heterocycles. The SMILES string of the molecule is CCC(=O)Nc1ccc(NC(=S)NC(=O)c2cccc3c(Cl)cccc23)cc1. The molecule has 0 aromatic heterocycles. The predicted octanol–water partition coefficient (Wildman–Crippen LogP) is 4.97. The van der Waals surface area contributed by atoms with Gasteiger partial charge in [0.15, 0.2) is 5.11 Å². The van der Waals surface area contributed by atoms with Crippen molar-refractivity contribution in [3.8, 4) is 0 Å². The van der Waals surface area contributed by atoms with Gasteiger partial charge in [0.1, 0.15) is 0 Å². The second-order valence-corrected chi connectivity index (χ2v) is 6.84. The Bertz CT molecular complexity index is 1050. The van der Waals surface area contributed by atoms with E-state index in [0.29, 0.717) is 28.4 Å². The largest absolute Gasteiger partial charge is 0.332 e. The monoisotopic (exact) mass is 411 g/mol. The second kappa shape index (κ2) is 8.82. The number of amides is 2. The van der Waals surface area contributed by atoms with Gasteiger partial charge in [-0.15, -0.1) is 0 Å². The summed E-state index contributed by atoms with van der Waals surface area (Å²) in [5.74, 6) is -0.379. The molecule has 0 aliphatic carbocycles. The van der Waals surface area contributed by atoms with Crippen molar-refractivity contribution in [2.24, 2.45) is 0 Å². The summed E-state index contributed by atoms with van der Waals surface area (Å²) in [7, 11) is 0. The van der Waals surface area contributed by atoms with E-state index in [-0.39, 0.29) is 16.9 Å². The number of hydrogen-bond acceptors (Lipinski definition) is 3. The van der Waals surface area contributed by atoms with Crippen LogP contribution in [-0.2, 0) is 4.79 Å². The van der Waals surface area contributed by atoms with Gasteiger partial charge < -0.3 is 10.6 Å². The van der Waals surface area contributed by atoms with E-state index in [0.717, 1.165) is 10.8 Å². The Hall–Kier alpha value is -2.96. The summed E-state index contributed by atoms with van der Waals surface area (Å²) in [4.78, 5) is 24.1. The molecule has 28 heavy (non-hydrogen) atoms. The molecule has 7 heteroatoms. The Balaban J connectivity index is 1.68.